The van der Waals surface area contributed by atoms with Crippen LogP contribution in [0.15, 0.2) is 83.3 Å². The second-order valence-electron chi connectivity index (χ2n) is 9.09. The van der Waals surface area contributed by atoms with Crippen LogP contribution in [-0.4, -0.2) is 34.6 Å². The third-order valence-corrected chi connectivity index (χ3v) is 7.80. The summed E-state index contributed by atoms with van der Waals surface area (Å²) in [5.74, 6) is 0.914. The van der Waals surface area contributed by atoms with Crippen LogP contribution in [0.25, 0.3) is 0 Å². The number of hydrogen-bond acceptors (Lipinski definition) is 3. The highest BCUT2D eigenvalue weighted by Gasteiger charge is 2.31. The SMILES string of the molecule is CC[C@@H](C)NC(=O)[C@@H](Cc1ccccc1)N(Cc1ccccc1C)C(=O)CSCc1ccc(Br)cc1. The van der Waals surface area contributed by atoms with E-state index in [4.69, 9.17) is 0 Å². The van der Waals surface area contributed by atoms with Gasteiger partial charge in [0.2, 0.25) is 11.8 Å². The van der Waals surface area contributed by atoms with Gasteiger partial charge < -0.3 is 10.2 Å². The van der Waals surface area contributed by atoms with E-state index in [0.29, 0.717) is 18.7 Å². The predicted octanol–water partition coefficient (Wildman–Crippen LogP) is 6.55. The third-order valence-electron chi connectivity index (χ3n) is 6.28. The number of amides is 2. The fraction of sp³-hybridized carbons (Fsp3) is 0.333. The highest BCUT2D eigenvalue weighted by atomic mass is 79.9. The van der Waals surface area contributed by atoms with Crippen LogP contribution in [0.1, 0.15) is 42.5 Å². The number of halogens is 1. The van der Waals surface area contributed by atoms with E-state index >= 15 is 0 Å². The maximum atomic E-state index is 13.7. The Morgan fingerprint density at radius 3 is 2.28 bits per heavy atom. The molecule has 0 saturated carbocycles. The molecule has 2 atom stereocenters. The lowest BCUT2D eigenvalue weighted by Crippen LogP contribution is -2.52. The zero-order valence-corrected chi connectivity index (χ0v) is 23.6. The molecule has 1 N–H and O–H groups in total. The summed E-state index contributed by atoms with van der Waals surface area (Å²) in [5.41, 5.74) is 4.36. The zero-order chi connectivity index (χ0) is 25.9. The predicted molar refractivity (Wildman–Crippen MR) is 154 cm³/mol. The summed E-state index contributed by atoms with van der Waals surface area (Å²) in [5, 5.41) is 3.13. The molecule has 4 nitrogen and oxygen atoms in total. The molecule has 190 valence electrons. The lowest BCUT2D eigenvalue weighted by atomic mass is 10.0. The topological polar surface area (TPSA) is 49.4 Å². The Morgan fingerprint density at radius 1 is 0.944 bits per heavy atom. The molecule has 0 aliphatic carbocycles. The molecule has 0 aromatic heterocycles. The van der Waals surface area contributed by atoms with E-state index in [0.717, 1.165) is 38.9 Å². The molecule has 3 aromatic rings. The average Bonchev–Trinajstić information content (AvgIpc) is 2.88. The third kappa shape index (κ3) is 8.52. The number of nitrogens with zero attached hydrogens (tertiary/aromatic N) is 1. The first-order chi connectivity index (χ1) is 17.4. The molecule has 36 heavy (non-hydrogen) atoms. The Balaban J connectivity index is 1.86. The summed E-state index contributed by atoms with van der Waals surface area (Å²) >= 11 is 5.05. The van der Waals surface area contributed by atoms with Gasteiger partial charge in [-0.3, -0.25) is 9.59 Å². The molecule has 3 aromatic carbocycles. The molecule has 6 heteroatoms. The summed E-state index contributed by atoms with van der Waals surface area (Å²) in [6, 6.07) is 25.6. The van der Waals surface area contributed by atoms with Crippen LogP contribution in [-0.2, 0) is 28.3 Å². The van der Waals surface area contributed by atoms with Crippen molar-refractivity contribution in [3.8, 4) is 0 Å². The van der Waals surface area contributed by atoms with Crippen molar-refractivity contribution >= 4 is 39.5 Å². The van der Waals surface area contributed by atoms with Crippen LogP contribution >= 0.6 is 27.7 Å². The second-order valence-corrected chi connectivity index (χ2v) is 11.0. The number of benzene rings is 3. The van der Waals surface area contributed by atoms with Crippen molar-refractivity contribution in [1.82, 2.24) is 10.2 Å². The number of carbonyl (C=O) groups is 2. The van der Waals surface area contributed by atoms with E-state index in [2.05, 4.69) is 33.4 Å². The number of carbonyl (C=O) groups excluding carboxylic acids is 2. The van der Waals surface area contributed by atoms with Gasteiger partial charge in [0.05, 0.1) is 5.75 Å². The maximum Gasteiger partial charge on any atom is 0.243 e. The number of rotatable bonds is 12. The van der Waals surface area contributed by atoms with Crippen LogP contribution < -0.4 is 5.32 Å². The van der Waals surface area contributed by atoms with E-state index in [1.807, 2.05) is 87.5 Å². The van der Waals surface area contributed by atoms with Gasteiger partial charge in [-0.05, 0) is 54.7 Å². The number of nitrogens with one attached hydrogen (secondary N) is 1. The molecule has 0 fully saturated rings. The molecular weight excluding hydrogens is 532 g/mol. The number of thioether (sulfide) groups is 1. The standard InChI is InChI=1S/C30H35BrN2O2S/c1-4-23(3)32-30(35)28(18-24-11-6-5-7-12-24)33(19-26-13-9-8-10-22(26)2)29(34)21-36-20-25-14-16-27(31)17-15-25/h5-17,23,28H,4,18-21H2,1-3H3,(H,32,35)/t23-,28-/m1/s1. The minimum Gasteiger partial charge on any atom is -0.352 e. The maximum absolute atomic E-state index is 13.7. The van der Waals surface area contributed by atoms with Crippen molar-refractivity contribution in [3.63, 3.8) is 0 Å². The van der Waals surface area contributed by atoms with Crippen molar-refractivity contribution in [3.05, 3.63) is 106 Å². The monoisotopic (exact) mass is 566 g/mol. The normalized spacial score (nSPS) is 12.6. The molecule has 2 amide bonds. The first-order valence-corrected chi connectivity index (χ1v) is 14.3. The van der Waals surface area contributed by atoms with Gasteiger partial charge in [0.1, 0.15) is 6.04 Å². The molecule has 0 saturated heterocycles. The van der Waals surface area contributed by atoms with E-state index < -0.39 is 6.04 Å². The molecule has 0 unspecified atom stereocenters. The van der Waals surface area contributed by atoms with Crippen molar-refractivity contribution < 1.29 is 9.59 Å². The minimum absolute atomic E-state index is 0.0272. The van der Waals surface area contributed by atoms with Crippen molar-refractivity contribution in [2.75, 3.05) is 5.75 Å². The van der Waals surface area contributed by atoms with Gasteiger partial charge in [-0.1, -0.05) is 89.6 Å². The van der Waals surface area contributed by atoms with E-state index in [-0.39, 0.29) is 17.9 Å². The van der Waals surface area contributed by atoms with Crippen LogP contribution in [0.4, 0.5) is 0 Å². The highest BCUT2D eigenvalue weighted by molar-refractivity contribution is 9.10. The van der Waals surface area contributed by atoms with Gasteiger partial charge in [-0.2, -0.15) is 0 Å². The van der Waals surface area contributed by atoms with Gasteiger partial charge in [0.25, 0.3) is 0 Å². The Hall–Kier alpha value is -2.57. The first kappa shape index (κ1) is 28.0. The summed E-state index contributed by atoms with van der Waals surface area (Å²) in [6.07, 6.45) is 1.30. The van der Waals surface area contributed by atoms with Gasteiger partial charge in [0, 0.05) is 29.2 Å². The smallest absolute Gasteiger partial charge is 0.243 e. The van der Waals surface area contributed by atoms with Crippen molar-refractivity contribution in [2.24, 2.45) is 0 Å². The molecule has 0 aliphatic heterocycles. The number of aryl methyl sites for hydroxylation is 1. The zero-order valence-electron chi connectivity index (χ0n) is 21.2. The molecule has 0 bridgehead atoms. The largest absolute Gasteiger partial charge is 0.352 e. The Morgan fingerprint density at radius 2 is 1.61 bits per heavy atom. The van der Waals surface area contributed by atoms with Gasteiger partial charge in [-0.15, -0.1) is 11.8 Å². The van der Waals surface area contributed by atoms with Gasteiger partial charge >= 0.3 is 0 Å². The first-order valence-electron chi connectivity index (χ1n) is 12.4. The fourth-order valence-electron chi connectivity index (χ4n) is 3.89. The Kier molecular flexibility index (Phi) is 11.1. The Labute approximate surface area is 228 Å². The summed E-state index contributed by atoms with van der Waals surface area (Å²) < 4.78 is 1.04. The van der Waals surface area contributed by atoms with Gasteiger partial charge in [-0.25, -0.2) is 0 Å². The van der Waals surface area contributed by atoms with Crippen molar-refractivity contribution in [2.45, 2.75) is 58.0 Å². The quantitative estimate of drug-likeness (QED) is 0.270. The van der Waals surface area contributed by atoms with Crippen LogP contribution in [0.2, 0.25) is 0 Å². The number of hydrogen-bond donors (Lipinski definition) is 1. The molecule has 0 spiro atoms. The van der Waals surface area contributed by atoms with E-state index in [9.17, 15) is 9.59 Å². The van der Waals surface area contributed by atoms with Crippen LogP contribution in [0.5, 0.6) is 0 Å². The summed E-state index contributed by atoms with van der Waals surface area (Å²) in [7, 11) is 0. The van der Waals surface area contributed by atoms with E-state index in [1.165, 1.54) is 0 Å². The molecular formula is C30H35BrN2O2S. The molecule has 3 rings (SSSR count). The molecule has 0 aliphatic rings. The van der Waals surface area contributed by atoms with Crippen LogP contribution in [0, 0.1) is 6.92 Å². The minimum atomic E-state index is -0.596. The average molecular weight is 568 g/mol. The van der Waals surface area contributed by atoms with Crippen molar-refractivity contribution in [1.29, 1.82) is 0 Å². The molecule has 0 radical (unpaired) electrons. The second kappa shape index (κ2) is 14.2. The summed E-state index contributed by atoms with van der Waals surface area (Å²) in [6.45, 7) is 6.49. The lowest BCUT2D eigenvalue weighted by molar-refractivity contribution is -0.139. The van der Waals surface area contributed by atoms with E-state index in [1.54, 1.807) is 16.7 Å². The Bertz CT molecular complexity index is 1120. The van der Waals surface area contributed by atoms with Gasteiger partial charge in [0.15, 0.2) is 0 Å². The van der Waals surface area contributed by atoms with Crippen LogP contribution in [0.3, 0.4) is 0 Å². The highest BCUT2D eigenvalue weighted by Crippen LogP contribution is 2.21. The lowest BCUT2D eigenvalue weighted by Gasteiger charge is -2.32. The summed E-state index contributed by atoms with van der Waals surface area (Å²) in [4.78, 5) is 29.0. The molecule has 0 heterocycles. The fourth-order valence-corrected chi connectivity index (χ4v) is 5.02.